The van der Waals surface area contributed by atoms with Gasteiger partial charge in [0.15, 0.2) is 5.78 Å². The molecule has 0 bridgehead atoms. The zero-order chi connectivity index (χ0) is 23.1. The fourth-order valence-corrected chi connectivity index (χ4v) is 3.13. The first-order valence-corrected chi connectivity index (χ1v) is 9.97. The molecule has 1 amide bonds. The number of anilines is 1. The molecule has 7 nitrogen and oxygen atoms in total. The van der Waals surface area contributed by atoms with Gasteiger partial charge in [-0.1, -0.05) is 60.7 Å². The first-order chi connectivity index (χ1) is 15.3. The summed E-state index contributed by atoms with van der Waals surface area (Å²) in [4.78, 5) is 39.3. The van der Waals surface area contributed by atoms with Crippen LogP contribution < -0.4 is 10.1 Å². The van der Waals surface area contributed by atoms with Gasteiger partial charge in [-0.3, -0.25) is 9.59 Å². The van der Waals surface area contributed by atoms with Gasteiger partial charge in [-0.2, -0.15) is 0 Å². The minimum Gasteiger partial charge on any atom is -0.488 e. The van der Waals surface area contributed by atoms with E-state index in [2.05, 4.69) is 5.32 Å². The van der Waals surface area contributed by atoms with Gasteiger partial charge < -0.3 is 20.1 Å². The molecule has 0 heterocycles. The van der Waals surface area contributed by atoms with Crippen LogP contribution in [0.3, 0.4) is 0 Å². The van der Waals surface area contributed by atoms with Crippen LogP contribution in [0.15, 0.2) is 72.8 Å². The highest BCUT2D eigenvalue weighted by atomic mass is 16.5. The van der Waals surface area contributed by atoms with Gasteiger partial charge in [-0.25, -0.2) is 4.79 Å². The molecule has 164 valence electrons. The first-order valence-electron chi connectivity index (χ1n) is 9.97. The van der Waals surface area contributed by atoms with Gasteiger partial charge in [0.25, 0.3) is 0 Å². The van der Waals surface area contributed by atoms with Crippen LogP contribution in [-0.2, 0) is 11.4 Å². The van der Waals surface area contributed by atoms with Crippen LogP contribution in [0.5, 0.6) is 5.75 Å². The Morgan fingerprint density at radius 3 is 2.12 bits per heavy atom. The average molecular weight is 432 g/mol. The maximum absolute atomic E-state index is 13.4. The Hall–Kier alpha value is -3.97. The summed E-state index contributed by atoms with van der Waals surface area (Å²) in [6, 6.07) is 20.4. The Balaban J connectivity index is 2.09. The minimum absolute atomic E-state index is 0.0659. The third-order valence-corrected chi connectivity index (χ3v) is 4.58. The van der Waals surface area contributed by atoms with Gasteiger partial charge in [0.05, 0.1) is 23.4 Å². The van der Waals surface area contributed by atoms with Crippen LogP contribution in [0.1, 0.15) is 31.8 Å². The number of amides is 1. The number of likely N-dealkylation sites (N-methyl/N-ethyl adjacent to an activating group) is 1. The number of benzene rings is 3. The van der Waals surface area contributed by atoms with Crippen molar-refractivity contribution in [1.29, 1.82) is 0 Å². The summed E-state index contributed by atoms with van der Waals surface area (Å²) in [7, 11) is 3.47. The molecule has 0 saturated carbocycles. The molecule has 0 atom stereocenters. The van der Waals surface area contributed by atoms with E-state index in [0.717, 1.165) is 5.56 Å². The summed E-state index contributed by atoms with van der Waals surface area (Å²) >= 11 is 0. The van der Waals surface area contributed by atoms with Crippen molar-refractivity contribution < 1.29 is 24.2 Å². The predicted molar refractivity (Wildman–Crippen MR) is 121 cm³/mol. The summed E-state index contributed by atoms with van der Waals surface area (Å²) < 4.78 is 5.91. The number of carbonyl (C=O) groups excluding carboxylic acids is 2. The summed E-state index contributed by atoms with van der Waals surface area (Å²) in [6.45, 7) is 0.195. The molecule has 0 aliphatic rings. The van der Waals surface area contributed by atoms with Crippen molar-refractivity contribution in [2.24, 2.45) is 0 Å². The van der Waals surface area contributed by atoms with Crippen molar-refractivity contribution >= 4 is 23.3 Å². The Bertz CT molecular complexity index is 1110. The van der Waals surface area contributed by atoms with Crippen molar-refractivity contribution in [1.82, 2.24) is 4.90 Å². The lowest BCUT2D eigenvalue weighted by Crippen LogP contribution is -2.28. The van der Waals surface area contributed by atoms with Crippen molar-refractivity contribution in [2.75, 3.05) is 26.0 Å². The van der Waals surface area contributed by atoms with E-state index in [1.807, 2.05) is 30.3 Å². The molecule has 0 saturated heterocycles. The topological polar surface area (TPSA) is 95.9 Å². The highest BCUT2D eigenvalue weighted by molar-refractivity contribution is 6.16. The van der Waals surface area contributed by atoms with Crippen molar-refractivity contribution in [3.8, 4) is 5.75 Å². The zero-order valence-corrected chi connectivity index (χ0v) is 17.9. The van der Waals surface area contributed by atoms with Crippen LogP contribution in [0.2, 0.25) is 0 Å². The fraction of sp³-hybridized carbons (Fsp3) is 0.160. The molecule has 3 aromatic carbocycles. The van der Waals surface area contributed by atoms with Crippen molar-refractivity contribution in [3.63, 3.8) is 0 Å². The molecule has 0 spiro atoms. The fourth-order valence-electron chi connectivity index (χ4n) is 3.13. The number of carbonyl (C=O) groups is 3. The maximum Gasteiger partial charge on any atom is 0.335 e. The number of ether oxygens (including phenoxy) is 1. The van der Waals surface area contributed by atoms with E-state index in [1.165, 1.54) is 12.1 Å². The monoisotopic (exact) mass is 432 g/mol. The molecule has 3 aromatic rings. The number of nitrogens with zero attached hydrogens (tertiary/aromatic N) is 1. The van der Waals surface area contributed by atoms with E-state index in [4.69, 9.17) is 4.74 Å². The van der Waals surface area contributed by atoms with Gasteiger partial charge in [-0.05, 0) is 31.8 Å². The van der Waals surface area contributed by atoms with Crippen LogP contribution in [0.4, 0.5) is 5.69 Å². The maximum atomic E-state index is 13.4. The van der Waals surface area contributed by atoms with E-state index in [0.29, 0.717) is 5.56 Å². The van der Waals surface area contributed by atoms with E-state index in [9.17, 15) is 19.5 Å². The van der Waals surface area contributed by atoms with Crippen LogP contribution in [0, 0.1) is 0 Å². The molecule has 0 unspecified atom stereocenters. The van der Waals surface area contributed by atoms with Gasteiger partial charge in [0.1, 0.15) is 12.4 Å². The van der Waals surface area contributed by atoms with Gasteiger partial charge in [0.2, 0.25) is 5.91 Å². The van der Waals surface area contributed by atoms with Crippen LogP contribution in [0.25, 0.3) is 0 Å². The molecule has 0 aliphatic carbocycles. The molecule has 2 N–H and O–H groups in total. The van der Waals surface area contributed by atoms with Crippen LogP contribution >= 0.6 is 0 Å². The summed E-state index contributed by atoms with van der Waals surface area (Å²) in [5, 5.41) is 12.3. The summed E-state index contributed by atoms with van der Waals surface area (Å²) in [5.41, 5.74) is 1.34. The van der Waals surface area contributed by atoms with Crippen molar-refractivity contribution in [2.45, 2.75) is 6.61 Å². The molecular formula is C25H24N2O5. The summed E-state index contributed by atoms with van der Waals surface area (Å²) in [6.07, 6.45) is 0. The normalized spacial score (nSPS) is 10.6. The standard InChI is InChI=1S/C25H24N2O5/c1-27(2)15-22(28)26-20-13-19(25(30)31)14-21(32-16-17-9-5-3-6-10-17)23(20)24(29)18-11-7-4-8-12-18/h3-14H,15-16H2,1-2H3,(H,26,28)(H,30,31). The number of rotatable bonds is 9. The molecule has 32 heavy (non-hydrogen) atoms. The Morgan fingerprint density at radius 1 is 0.906 bits per heavy atom. The number of carboxylic acid groups (broad SMARTS) is 1. The Labute approximate surface area is 186 Å². The quantitative estimate of drug-likeness (QED) is 0.501. The van der Waals surface area contributed by atoms with Gasteiger partial charge in [0, 0.05) is 5.56 Å². The summed E-state index contributed by atoms with van der Waals surface area (Å²) in [5.74, 6) is -1.88. The third kappa shape index (κ3) is 5.80. The number of carboxylic acids is 1. The zero-order valence-electron chi connectivity index (χ0n) is 17.9. The van der Waals surface area contributed by atoms with E-state index in [1.54, 1.807) is 49.3 Å². The number of aromatic carboxylic acids is 1. The number of hydrogen-bond donors (Lipinski definition) is 2. The molecule has 3 rings (SSSR count). The van der Waals surface area contributed by atoms with E-state index >= 15 is 0 Å². The predicted octanol–water partition coefficient (Wildman–Crippen LogP) is 3.69. The molecule has 0 aliphatic heterocycles. The van der Waals surface area contributed by atoms with Crippen molar-refractivity contribution in [3.05, 3.63) is 95.1 Å². The Morgan fingerprint density at radius 2 is 1.53 bits per heavy atom. The average Bonchev–Trinajstić information content (AvgIpc) is 2.77. The lowest BCUT2D eigenvalue weighted by molar-refractivity contribution is -0.116. The molecule has 0 aromatic heterocycles. The molecule has 0 radical (unpaired) electrons. The van der Waals surface area contributed by atoms with Gasteiger partial charge >= 0.3 is 5.97 Å². The number of nitrogens with one attached hydrogen (secondary N) is 1. The van der Waals surface area contributed by atoms with Crippen LogP contribution in [-0.4, -0.2) is 48.3 Å². The lowest BCUT2D eigenvalue weighted by atomic mass is 9.98. The second-order valence-electron chi connectivity index (χ2n) is 7.46. The SMILES string of the molecule is CN(C)CC(=O)Nc1cc(C(=O)O)cc(OCc2ccccc2)c1C(=O)c1ccccc1. The van der Waals surface area contributed by atoms with Gasteiger partial charge in [-0.15, -0.1) is 0 Å². The molecular weight excluding hydrogens is 408 g/mol. The first kappa shape index (κ1) is 22.7. The molecule has 7 heteroatoms. The number of hydrogen-bond acceptors (Lipinski definition) is 5. The second-order valence-corrected chi connectivity index (χ2v) is 7.46. The largest absolute Gasteiger partial charge is 0.488 e. The second kappa shape index (κ2) is 10.4. The highest BCUT2D eigenvalue weighted by Gasteiger charge is 2.24. The lowest BCUT2D eigenvalue weighted by Gasteiger charge is -2.18. The minimum atomic E-state index is -1.20. The third-order valence-electron chi connectivity index (χ3n) is 4.58. The van der Waals surface area contributed by atoms with E-state index in [-0.39, 0.29) is 47.4 Å². The number of ketones is 1. The smallest absolute Gasteiger partial charge is 0.335 e. The van der Waals surface area contributed by atoms with E-state index < -0.39 is 5.97 Å². The highest BCUT2D eigenvalue weighted by Crippen LogP contribution is 2.32. The molecule has 0 fully saturated rings. The Kier molecular flexibility index (Phi) is 7.36.